The smallest absolute Gasteiger partial charge is 0.378 e. The van der Waals surface area contributed by atoms with Crippen molar-refractivity contribution in [1.29, 1.82) is 0 Å². The minimum absolute atomic E-state index is 0.0338. The lowest BCUT2D eigenvalue weighted by atomic mass is 10.1. The highest BCUT2D eigenvalue weighted by atomic mass is 32.1. The van der Waals surface area contributed by atoms with Crippen molar-refractivity contribution in [1.82, 2.24) is 4.98 Å². The lowest BCUT2D eigenvalue weighted by Gasteiger charge is -2.27. The maximum Gasteiger partial charge on any atom is 0.416 e. The molecule has 1 saturated heterocycles. The molecule has 2 heterocycles. The normalized spacial score (nSPS) is 15.7. The predicted octanol–water partition coefficient (Wildman–Crippen LogP) is 3.79. The number of hydrogen-bond donors (Lipinski definition) is 0. The third-order valence-electron chi connectivity index (χ3n) is 3.50. The van der Waals surface area contributed by atoms with Crippen molar-refractivity contribution < 1.29 is 22.8 Å². The molecule has 0 saturated carbocycles. The molecule has 11 heteroatoms. The number of aromatic nitrogens is 1. The number of fused-ring (bicyclic) bond motifs is 1. The second kappa shape index (κ2) is 6.22. The van der Waals surface area contributed by atoms with Crippen LogP contribution in [0.1, 0.15) is 5.56 Å². The van der Waals surface area contributed by atoms with Crippen LogP contribution in [0, 0.1) is 14.8 Å². The zero-order valence-electron chi connectivity index (χ0n) is 12.0. The number of benzene rings is 1. The van der Waals surface area contributed by atoms with Gasteiger partial charge in [0.1, 0.15) is 9.34 Å². The van der Waals surface area contributed by atoms with Crippen LogP contribution in [-0.4, -0.2) is 36.2 Å². The molecular weight excluding hydrogens is 367 g/mol. The number of nitro benzene ring substituents is 1. The Morgan fingerprint density at radius 2 is 2.00 bits per heavy atom. The Morgan fingerprint density at radius 1 is 1.33 bits per heavy atom. The molecule has 1 aliphatic heterocycles. The number of nitrogens with zero attached hydrogens (tertiary/aromatic N) is 3. The van der Waals surface area contributed by atoms with Crippen LogP contribution < -0.4 is 4.90 Å². The van der Waals surface area contributed by atoms with Crippen molar-refractivity contribution in [3.63, 3.8) is 0 Å². The maximum absolute atomic E-state index is 13.0. The Hall–Kier alpha value is -1.85. The molecule has 1 aromatic heterocycles. The number of halogens is 3. The fraction of sp³-hybridized carbons (Fsp3) is 0.385. The molecule has 0 radical (unpaired) electrons. The Bertz CT molecular complexity index is 863. The standard InChI is InChI=1S/C13H10F3N3O3S2/c14-13(15,16)7-5-8-10(9(6-7)19(20)21)24-12(17-11(8)23)18-1-3-22-4-2-18/h5-6H,1-4H2. The van der Waals surface area contributed by atoms with Crippen LogP contribution in [-0.2, 0) is 10.9 Å². The number of rotatable bonds is 2. The molecule has 0 unspecified atom stereocenters. The molecule has 24 heavy (non-hydrogen) atoms. The highest BCUT2D eigenvalue weighted by Crippen LogP contribution is 2.40. The van der Waals surface area contributed by atoms with E-state index < -0.39 is 22.4 Å². The van der Waals surface area contributed by atoms with Crippen LogP contribution in [0.3, 0.4) is 0 Å². The molecule has 6 nitrogen and oxygen atoms in total. The largest absolute Gasteiger partial charge is 0.416 e. The van der Waals surface area contributed by atoms with Crippen molar-refractivity contribution in [2.75, 3.05) is 31.2 Å². The molecule has 2 aromatic rings. The average Bonchev–Trinajstić information content (AvgIpc) is 2.53. The van der Waals surface area contributed by atoms with Gasteiger partial charge in [-0.25, -0.2) is 4.98 Å². The number of alkyl halides is 3. The summed E-state index contributed by atoms with van der Waals surface area (Å²) < 4.78 is 44.1. The van der Waals surface area contributed by atoms with Crippen molar-refractivity contribution >= 4 is 44.5 Å². The van der Waals surface area contributed by atoms with Crippen LogP contribution in [0.25, 0.3) is 10.1 Å². The lowest BCUT2D eigenvalue weighted by Crippen LogP contribution is -2.36. The summed E-state index contributed by atoms with van der Waals surface area (Å²) in [7, 11) is 0. The van der Waals surface area contributed by atoms with E-state index in [1.54, 1.807) is 0 Å². The van der Waals surface area contributed by atoms with Crippen LogP contribution in [0.5, 0.6) is 0 Å². The summed E-state index contributed by atoms with van der Waals surface area (Å²) in [6, 6.07) is 1.36. The lowest BCUT2D eigenvalue weighted by molar-refractivity contribution is -0.383. The van der Waals surface area contributed by atoms with Gasteiger partial charge in [0.05, 0.1) is 23.7 Å². The number of non-ortho nitro benzene ring substituents is 1. The molecule has 0 bridgehead atoms. The topological polar surface area (TPSA) is 68.5 Å². The molecule has 0 spiro atoms. The summed E-state index contributed by atoms with van der Waals surface area (Å²) in [5, 5.41) is 11.7. The van der Waals surface area contributed by atoms with Crippen LogP contribution in [0.15, 0.2) is 12.1 Å². The van der Waals surface area contributed by atoms with Gasteiger partial charge >= 0.3 is 6.18 Å². The summed E-state index contributed by atoms with van der Waals surface area (Å²) in [4.78, 5) is 16.4. The average molecular weight is 377 g/mol. The molecule has 128 valence electrons. The van der Waals surface area contributed by atoms with E-state index in [1.165, 1.54) is 0 Å². The summed E-state index contributed by atoms with van der Waals surface area (Å²) in [5.41, 5.74) is -1.73. The number of morpholine rings is 1. The Labute approximate surface area is 142 Å². The number of anilines is 1. The van der Waals surface area contributed by atoms with Gasteiger partial charge in [0.2, 0.25) is 0 Å². The quantitative estimate of drug-likeness (QED) is 0.451. The molecular formula is C13H10F3N3O3S2. The first-order valence-electron chi connectivity index (χ1n) is 6.80. The highest BCUT2D eigenvalue weighted by Gasteiger charge is 2.34. The first kappa shape index (κ1) is 17.0. The minimum Gasteiger partial charge on any atom is -0.378 e. The first-order chi connectivity index (χ1) is 11.3. The minimum atomic E-state index is -4.70. The van der Waals surface area contributed by atoms with Crippen LogP contribution in [0.4, 0.5) is 24.0 Å². The van der Waals surface area contributed by atoms with E-state index in [-0.39, 0.29) is 14.7 Å². The summed E-state index contributed by atoms with van der Waals surface area (Å²) >= 11 is 6.05. The Kier molecular flexibility index (Phi) is 4.40. The van der Waals surface area contributed by atoms with E-state index in [4.69, 9.17) is 17.0 Å². The number of ether oxygens (including phenoxy) is 1. The van der Waals surface area contributed by atoms with Crippen LogP contribution in [0.2, 0.25) is 0 Å². The van der Waals surface area contributed by atoms with E-state index in [9.17, 15) is 23.3 Å². The van der Waals surface area contributed by atoms with Gasteiger partial charge in [-0.15, -0.1) is 0 Å². The molecule has 3 rings (SSSR count). The number of hydrogen-bond acceptors (Lipinski definition) is 7. The van der Waals surface area contributed by atoms with E-state index >= 15 is 0 Å². The number of nitro groups is 1. The van der Waals surface area contributed by atoms with E-state index in [1.807, 2.05) is 4.90 Å². The molecule has 0 atom stereocenters. The van der Waals surface area contributed by atoms with E-state index in [0.717, 1.165) is 17.4 Å². The molecule has 1 aromatic carbocycles. The summed E-state index contributed by atoms with van der Waals surface area (Å²) in [5.74, 6) is 0. The molecule has 1 aliphatic rings. The second-order valence-electron chi connectivity index (χ2n) is 5.03. The summed E-state index contributed by atoms with van der Waals surface area (Å²) in [6.45, 7) is 2.04. The second-order valence-corrected chi connectivity index (χ2v) is 6.39. The van der Waals surface area contributed by atoms with Gasteiger partial charge < -0.3 is 9.64 Å². The fourth-order valence-corrected chi connectivity index (χ4v) is 3.83. The van der Waals surface area contributed by atoms with Gasteiger partial charge in [-0.2, -0.15) is 13.2 Å². The van der Waals surface area contributed by atoms with Crippen LogP contribution >= 0.6 is 23.6 Å². The zero-order valence-corrected chi connectivity index (χ0v) is 13.6. The Morgan fingerprint density at radius 3 is 2.58 bits per heavy atom. The first-order valence-corrected chi connectivity index (χ1v) is 8.03. The third kappa shape index (κ3) is 3.19. The van der Waals surface area contributed by atoms with Crippen molar-refractivity contribution in [2.45, 2.75) is 6.18 Å². The predicted molar refractivity (Wildman–Crippen MR) is 85.1 cm³/mol. The maximum atomic E-state index is 13.0. The van der Waals surface area contributed by atoms with Crippen molar-refractivity contribution in [3.8, 4) is 0 Å². The van der Waals surface area contributed by atoms with Crippen molar-refractivity contribution in [2.24, 2.45) is 0 Å². The Balaban J connectivity index is 2.24. The van der Waals surface area contributed by atoms with Gasteiger partial charge in [0.25, 0.3) is 5.69 Å². The van der Waals surface area contributed by atoms with Gasteiger partial charge in [0, 0.05) is 24.5 Å². The van der Waals surface area contributed by atoms with Gasteiger partial charge in [0.15, 0.2) is 5.13 Å². The molecule has 0 aliphatic carbocycles. The van der Waals surface area contributed by atoms with Crippen molar-refractivity contribution in [3.05, 3.63) is 32.5 Å². The summed E-state index contributed by atoms with van der Waals surface area (Å²) in [6.07, 6.45) is -4.70. The third-order valence-corrected chi connectivity index (χ3v) is 4.97. The van der Waals surface area contributed by atoms with E-state index in [2.05, 4.69) is 4.98 Å². The van der Waals surface area contributed by atoms with Gasteiger partial charge in [-0.3, -0.25) is 10.1 Å². The highest BCUT2D eigenvalue weighted by molar-refractivity contribution is 7.71. The fourth-order valence-electron chi connectivity index (χ4n) is 2.33. The van der Waals surface area contributed by atoms with Gasteiger partial charge in [-0.1, -0.05) is 23.6 Å². The molecule has 0 N–H and O–H groups in total. The van der Waals surface area contributed by atoms with E-state index in [0.29, 0.717) is 37.5 Å². The molecule has 1 fully saturated rings. The molecule has 0 amide bonds. The zero-order chi connectivity index (χ0) is 17.5. The monoisotopic (exact) mass is 377 g/mol. The SMILES string of the molecule is O=[N+]([O-])c1cc(C(F)(F)F)cc2c(=S)nc(N3CCOCC3)sc12. The van der Waals surface area contributed by atoms with Gasteiger partial charge in [-0.05, 0) is 6.07 Å².